The number of nitrogens with two attached hydrogens (primary N) is 1. The SMILES string of the molecule is CC(C)(CN)CCNCc1ccc(Br)cc1. The molecule has 16 heavy (non-hydrogen) atoms. The highest BCUT2D eigenvalue weighted by atomic mass is 79.9. The van der Waals surface area contributed by atoms with E-state index in [1.165, 1.54) is 5.56 Å². The summed E-state index contributed by atoms with van der Waals surface area (Å²) in [6.07, 6.45) is 1.11. The molecule has 90 valence electrons. The van der Waals surface area contributed by atoms with Crippen LogP contribution in [0.25, 0.3) is 0 Å². The predicted molar refractivity (Wildman–Crippen MR) is 73.3 cm³/mol. The summed E-state index contributed by atoms with van der Waals surface area (Å²) in [5.41, 5.74) is 7.24. The molecule has 0 atom stereocenters. The molecule has 0 aliphatic rings. The molecule has 0 unspecified atom stereocenters. The molecule has 0 radical (unpaired) electrons. The standard InChI is InChI=1S/C13H21BrN2/c1-13(2,10-15)7-8-16-9-11-3-5-12(14)6-4-11/h3-6,16H,7-10,15H2,1-2H3. The maximum atomic E-state index is 5.68. The Kier molecular flexibility index (Phi) is 5.46. The number of hydrogen-bond donors (Lipinski definition) is 2. The summed E-state index contributed by atoms with van der Waals surface area (Å²) in [5, 5.41) is 3.44. The lowest BCUT2D eigenvalue weighted by atomic mass is 9.90. The van der Waals surface area contributed by atoms with E-state index < -0.39 is 0 Å². The van der Waals surface area contributed by atoms with Crippen molar-refractivity contribution in [3.8, 4) is 0 Å². The minimum absolute atomic E-state index is 0.243. The van der Waals surface area contributed by atoms with E-state index in [0.717, 1.165) is 30.5 Å². The maximum absolute atomic E-state index is 5.68. The molecule has 0 aliphatic carbocycles. The molecule has 0 bridgehead atoms. The van der Waals surface area contributed by atoms with E-state index in [1.807, 2.05) is 0 Å². The third kappa shape index (κ3) is 5.10. The van der Waals surface area contributed by atoms with E-state index >= 15 is 0 Å². The van der Waals surface area contributed by atoms with Crippen molar-refractivity contribution in [3.05, 3.63) is 34.3 Å². The highest BCUT2D eigenvalue weighted by Gasteiger charge is 2.14. The van der Waals surface area contributed by atoms with Gasteiger partial charge in [0.15, 0.2) is 0 Å². The van der Waals surface area contributed by atoms with Crippen molar-refractivity contribution in [2.24, 2.45) is 11.1 Å². The fourth-order valence-electron chi connectivity index (χ4n) is 1.36. The lowest BCUT2D eigenvalue weighted by molar-refractivity contribution is 0.339. The Morgan fingerprint density at radius 1 is 1.25 bits per heavy atom. The molecule has 0 heterocycles. The van der Waals surface area contributed by atoms with Gasteiger partial charge in [0.1, 0.15) is 0 Å². The molecule has 0 aliphatic heterocycles. The molecule has 1 rings (SSSR count). The highest BCUT2D eigenvalue weighted by Crippen LogP contribution is 2.16. The number of benzene rings is 1. The van der Waals surface area contributed by atoms with Crippen LogP contribution in [0.2, 0.25) is 0 Å². The van der Waals surface area contributed by atoms with Gasteiger partial charge >= 0.3 is 0 Å². The summed E-state index contributed by atoms with van der Waals surface area (Å²) in [6, 6.07) is 8.40. The summed E-state index contributed by atoms with van der Waals surface area (Å²) < 4.78 is 1.13. The number of hydrogen-bond acceptors (Lipinski definition) is 2. The molecule has 1 aromatic carbocycles. The molecule has 3 heteroatoms. The van der Waals surface area contributed by atoms with Crippen LogP contribution in [0.5, 0.6) is 0 Å². The summed E-state index contributed by atoms with van der Waals surface area (Å²) >= 11 is 3.43. The van der Waals surface area contributed by atoms with Crippen molar-refractivity contribution in [2.75, 3.05) is 13.1 Å². The first-order chi connectivity index (χ1) is 7.53. The van der Waals surface area contributed by atoms with E-state index in [9.17, 15) is 0 Å². The topological polar surface area (TPSA) is 38.0 Å². The van der Waals surface area contributed by atoms with Crippen LogP contribution in [-0.2, 0) is 6.54 Å². The van der Waals surface area contributed by atoms with Crippen molar-refractivity contribution >= 4 is 15.9 Å². The highest BCUT2D eigenvalue weighted by molar-refractivity contribution is 9.10. The van der Waals surface area contributed by atoms with Crippen LogP contribution < -0.4 is 11.1 Å². The van der Waals surface area contributed by atoms with Gasteiger partial charge in [0.05, 0.1) is 0 Å². The Labute approximate surface area is 107 Å². The van der Waals surface area contributed by atoms with Crippen molar-refractivity contribution in [3.63, 3.8) is 0 Å². The lowest BCUT2D eigenvalue weighted by Crippen LogP contribution is -2.28. The van der Waals surface area contributed by atoms with E-state index in [-0.39, 0.29) is 5.41 Å². The van der Waals surface area contributed by atoms with E-state index in [1.54, 1.807) is 0 Å². The number of nitrogens with one attached hydrogen (secondary N) is 1. The van der Waals surface area contributed by atoms with Crippen LogP contribution >= 0.6 is 15.9 Å². The normalized spacial score (nSPS) is 11.8. The average molecular weight is 285 g/mol. The van der Waals surface area contributed by atoms with Crippen LogP contribution in [0.4, 0.5) is 0 Å². The first kappa shape index (κ1) is 13.7. The number of rotatable bonds is 6. The Hall–Kier alpha value is -0.380. The van der Waals surface area contributed by atoms with Gasteiger partial charge in [-0.1, -0.05) is 41.9 Å². The summed E-state index contributed by atoms with van der Waals surface area (Å²) in [7, 11) is 0. The molecule has 2 nitrogen and oxygen atoms in total. The van der Waals surface area contributed by atoms with Crippen molar-refractivity contribution < 1.29 is 0 Å². The molecule has 0 aromatic heterocycles. The fourth-order valence-corrected chi connectivity index (χ4v) is 1.63. The van der Waals surface area contributed by atoms with Gasteiger partial charge in [-0.25, -0.2) is 0 Å². The zero-order chi connectivity index (χ0) is 12.0. The predicted octanol–water partition coefficient (Wildman–Crippen LogP) is 2.91. The minimum atomic E-state index is 0.243. The Morgan fingerprint density at radius 2 is 1.88 bits per heavy atom. The molecular weight excluding hydrogens is 264 g/mol. The van der Waals surface area contributed by atoms with Crippen molar-refractivity contribution in [1.29, 1.82) is 0 Å². The monoisotopic (exact) mass is 284 g/mol. The second kappa shape index (κ2) is 6.38. The van der Waals surface area contributed by atoms with Crippen LogP contribution in [0.15, 0.2) is 28.7 Å². The molecular formula is C13H21BrN2. The first-order valence-corrected chi connectivity index (χ1v) is 6.48. The fraction of sp³-hybridized carbons (Fsp3) is 0.538. The Bertz CT molecular complexity index is 306. The third-order valence-corrected chi connectivity index (χ3v) is 3.30. The van der Waals surface area contributed by atoms with Crippen molar-refractivity contribution in [2.45, 2.75) is 26.8 Å². The van der Waals surface area contributed by atoms with Crippen LogP contribution in [-0.4, -0.2) is 13.1 Å². The molecule has 0 fully saturated rings. The van der Waals surface area contributed by atoms with Crippen molar-refractivity contribution in [1.82, 2.24) is 5.32 Å². The molecule has 0 spiro atoms. The van der Waals surface area contributed by atoms with E-state index in [4.69, 9.17) is 5.73 Å². The molecule has 0 amide bonds. The third-order valence-electron chi connectivity index (χ3n) is 2.77. The smallest absolute Gasteiger partial charge is 0.0205 e. The van der Waals surface area contributed by atoms with Gasteiger partial charge < -0.3 is 11.1 Å². The van der Waals surface area contributed by atoms with Crippen LogP contribution in [0.3, 0.4) is 0 Å². The van der Waals surface area contributed by atoms with Crippen LogP contribution in [0.1, 0.15) is 25.8 Å². The number of halogens is 1. The lowest BCUT2D eigenvalue weighted by Gasteiger charge is -2.22. The molecule has 1 aromatic rings. The summed E-state index contributed by atoms with van der Waals surface area (Å²) in [4.78, 5) is 0. The molecule has 0 saturated carbocycles. The molecule has 0 saturated heterocycles. The molecule has 3 N–H and O–H groups in total. The second-order valence-electron chi connectivity index (χ2n) is 4.92. The minimum Gasteiger partial charge on any atom is -0.330 e. The summed E-state index contributed by atoms with van der Waals surface area (Å²) in [5.74, 6) is 0. The summed E-state index contributed by atoms with van der Waals surface area (Å²) in [6.45, 7) is 7.09. The second-order valence-corrected chi connectivity index (χ2v) is 5.84. The first-order valence-electron chi connectivity index (χ1n) is 5.69. The Morgan fingerprint density at radius 3 is 2.44 bits per heavy atom. The zero-order valence-corrected chi connectivity index (χ0v) is 11.7. The van der Waals surface area contributed by atoms with Gasteiger partial charge in [-0.15, -0.1) is 0 Å². The average Bonchev–Trinajstić information content (AvgIpc) is 2.27. The van der Waals surface area contributed by atoms with E-state index in [2.05, 4.69) is 59.4 Å². The van der Waals surface area contributed by atoms with Gasteiger partial charge in [0, 0.05) is 11.0 Å². The maximum Gasteiger partial charge on any atom is 0.0205 e. The van der Waals surface area contributed by atoms with Gasteiger partial charge in [-0.3, -0.25) is 0 Å². The largest absolute Gasteiger partial charge is 0.330 e. The zero-order valence-electron chi connectivity index (χ0n) is 10.1. The van der Waals surface area contributed by atoms with Gasteiger partial charge in [0.25, 0.3) is 0 Å². The quantitative estimate of drug-likeness (QED) is 0.789. The Balaban J connectivity index is 2.23. The van der Waals surface area contributed by atoms with Crippen LogP contribution in [0, 0.1) is 5.41 Å². The van der Waals surface area contributed by atoms with E-state index in [0.29, 0.717) is 0 Å². The van der Waals surface area contributed by atoms with Gasteiger partial charge in [-0.05, 0) is 42.6 Å². The van der Waals surface area contributed by atoms with Gasteiger partial charge in [-0.2, -0.15) is 0 Å². The van der Waals surface area contributed by atoms with Gasteiger partial charge in [0.2, 0.25) is 0 Å².